The second-order valence-electron chi connectivity index (χ2n) is 6.04. The van der Waals surface area contributed by atoms with E-state index in [9.17, 15) is 0 Å². The van der Waals surface area contributed by atoms with E-state index in [1.165, 1.54) is 0 Å². The maximum Gasteiger partial charge on any atom is 0.123 e. The van der Waals surface area contributed by atoms with Gasteiger partial charge < -0.3 is 4.74 Å². The minimum atomic E-state index is -0.0138. The second kappa shape index (κ2) is 6.56. The smallest absolute Gasteiger partial charge is 0.123 e. The summed E-state index contributed by atoms with van der Waals surface area (Å²) in [5.74, 6) is 6.58. The highest BCUT2D eigenvalue weighted by molar-refractivity contribution is 7.09. The van der Waals surface area contributed by atoms with Crippen LogP contribution in [-0.2, 0) is 11.8 Å². The van der Waals surface area contributed by atoms with Gasteiger partial charge >= 0.3 is 0 Å². The van der Waals surface area contributed by atoms with Crippen LogP contribution in [0.4, 0.5) is 0 Å². The Morgan fingerprint density at radius 3 is 2.62 bits per heavy atom. The highest BCUT2D eigenvalue weighted by atomic mass is 32.1. The summed E-state index contributed by atoms with van der Waals surface area (Å²) in [6, 6.07) is 7.91. The molecule has 1 aromatic heterocycles. The van der Waals surface area contributed by atoms with E-state index in [0.29, 0.717) is 0 Å². The van der Waals surface area contributed by atoms with E-state index < -0.39 is 0 Å². The Bertz CT molecular complexity index is 589. The minimum absolute atomic E-state index is 0.0138. The van der Waals surface area contributed by atoms with Crippen LogP contribution >= 0.6 is 11.3 Å². The molecule has 0 bridgehead atoms. The van der Waals surface area contributed by atoms with Gasteiger partial charge in [0.1, 0.15) is 5.75 Å². The predicted molar refractivity (Wildman–Crippen MR) is 87.6 cm³/mol. The Labute approximate surface area is 130 Å². The Hall–Kier alpha value is -1.43. The lowest BCUT2D eigenvalue weighted by molar-refractivity contribution is 0.399. The van der Waals surface area contributed by atoms with Crippen molar-refractivity contribution in [3.8, 4) is 5.75 Å². The quantitative estimate of drug-likeness (QED) is 0.658. The molecule has 1 aromatic carbocycles. The molecule has 0 aliphatic heterocycles. The Balaban J connectivity index is 2.21. The standard InChI is InChI=1S/C16H23N3OS/c1-16(2,3)14-10-21-15(18-14)9-12(19-17)11-7-5-6-8-13(11)20-4/h5-8,10,12,19H,9,17H2,1-4H3. The fraction of sp³-hybridized carbons (Fsp3) is 0.438. The lowest BCUT2D eigenvalue weighted by Crippen LogP contribution is -2.30. The molecule has 5 heteroatoms. The van der Waals surface area contributed by atoms with Gasteiger partial charge in [-0.1, -0.05) is 39.0 Å². The number of nitrogens with one attached hydrogen (secondary N) is 1. The molecule has 21 heavy (non-hydrogen) atoms. The summed E-state index contributed by atoms with van der Waals surface area (Å²) in [7, 11) is 1.67. The largest absolute Gasteiger partial charge is 0.496 e. The average Bonchev–Trinajstić information content (AvgIpc) is 2.93. The number of aromatic nitrogens is 1. The summed E-state index contributed by atoms with van der Waals surface area (Å²) in [5.41, 5.74) is 5.12. The zero-order valence-corrected chi connectivity index (χ0v) is 13.8. The van der Waals surface area contributed by atoms with Crippen molar-refractivity contribution in [1.29, 1.82) is 0 Å². The zero-order chi connectivity index (χ0) is 15.5. The molecule has 0 saturated carbocycles. The van der Waals surface area contributed by atoms with Gasteiger partial charge in [0.2, 0.25) is 0 Å². The SMILES string of the molecule is COc1ccccc1C(Cc1nc(C(C)(C)C)cs1)NN. The van der Waals surface area contributed by atoms with Crippen LogP contribution in [0.1, 0.15) is 43.1 Å². The number of nitrogens with zero attached hydrogens (tertiary/aromatic N) is 1. The van der Waals surface area contributed by atoms with E-state index >= 15 is 0 Å². The predicted octanol–water partition coefficient (Wildman–Crippen LogP) is 3.20. The molecular formula is C16H23N3OS. The van der Waals surface area contributed by atoms with Crippen molar-refractivity contribution in [2.24, 2.45) is 5.84 Å². The van der Waals surface area contributed by atoms with E-state index in [-0.39, 0.29) is 11.5 Å². The van der Waals surface area contributed by atoms with Gasteiger partial charge in [0.05, 0.1) is 23.9 Å². The van der Waals surface area contributed by atoms with E-state index in [1.54, 1.807) is 18.4 Å². The molecule has 0 spiro atoms. The van der Waals surface area contributed by atoms with E-state index in [2.05, 4.69) is 31.6 Å². The molecule has 1 heterocycles. The first-order chi connectivity index (χ1) is 9.95. The van der Waals surface area contributed by atoms with Gasteiger partial charge in [0.15, 0.2) is 0 Å². The number of hydrazine groups is 1. The number of nitrogens with two attached hydrogens (primary N) is 1. The zero-order valence-electron chi connectivity index (χ0n) is 13.0. The summed E-state index contributed by atoms with van der Waals surface area (Å²) in [5, 5.41) is 3.21. The summed E-state index contributed by atoms with van der Waals surface area (Å²) in [6.07, 6.45) is 0.748. The van der Waals surface area contributed by atoms with E-state index in [1.807, 2.05) is 24.3 Å². The van der Waals surface area contributed by atoms with Gasteiger partial charge in [-0.05, 0) is 6.07 Å². The van der Waals surface area contributed by atoms with Crippen LogP contribution < -0.4 is 16.0 Å². The second-order valence-corrected chi connectivity index (χ2v) is 6.98. The first-order valence-electron chi connectivity index (χ1n) is 6.99. The third-order valence-electron chi connectivity index (χ3n) is 3.41. The van der Waals surface area contributed by atoms with Gasteiger partial charge in [-0.15, -0.1) is 11.3 Å². The van der Waals surface area contributed by atoms with Crippen LogP contribution in [0, 0.1) is 0 Å². The first-order valence-corrected chi connectivity index (χ1v) is 7.87. The number of hydrogen-bond donors (Lipinski definition) is 2. The normalized spacial score (nSPS) is 13.2. The molecule has 0 fully saturated rings. The van der Waals surface area contributed by atoms with Crippen molar-refractivity contribution < 1.29 is 4.74 Å². The fourth-order valence-electron chi connectivity index (χ4n) is 2.14. The summed E-state index contributed by atoms with van der Waals surface area (Å²) < 4.78 is 5.41. The lowest BCUT2D eigenvalue weighted by atomic mass is 9.93. The lowest BCUT2D eigenvalue weighted by Gasteiger charge is -2.18. The van der Waals surface area contributed by atoms with Crippen molar-refractivity contribution in [3.05, 3.63) is 45.9 Å². The molecule has 0 aliphatic rings. The van der Waals surface area contributed by atoms with Crippen LogP contribution in [0.15, 0.2) is 29.6 Å². The van der Waals surface area contributed by atoms with Crippen molar-refractivity contribution >= 4 is 11.3 Å². The highest BCUT2D eigenvalue weighted by Crippen LogP contribution is 2.29. The molecule has 3 N–H and O–H groups in total. The van der Waals surface area contributed by atoms with Crippen molar-refractivity contribution in [2.75, 3.05) is 7.11 Å². The van der Waals surface area contributed by atoms with Gasteiger partial charge in [-0.25, -0.2) is 4.98 Å². The molecule has 2 aromatic rings. The molecule has 1 atom stereocenters. The number of ether oxygens (including phenoxy) is 1. The molecule has 0 radical (unpaired) electrons. The van der Waals surface area contributed by atoms with Gasteiger partial charge in [0.25, 0.3) is 0 Å². The van der Waals surface area contributed by atoms with Gasteiger partial charge in [-0.2, -0.15) is 0 Å². The molecule has 0 saturated heterocycles. The molecule has 0 aliphatic carbocycles. The van der Waals surface area contributed by atoms with Crippen LogP contribution in [0.3, 0.4) is 0 Å². The van der Waals surface area contributed by atoms with Crippen LogP contribution in [0.5, 0.6) is 5.75 Å². The van der Waals surface area contributed by atoms with E-state index in [4.69, 9.17) is 15.6 Å². The minimum Gasteiger partial charge on any atom is -0.496 e. The third kappa shape index (κ3) is 3.81. The first kappa shape index (κ1) is 15.9. The number of hydrogen-bond acceptors (Lipinski definition) is 5. The fourth-order valence-corrected chi connectivity index (χ4v) is 3.20. The Morgan fingerprint density at radius 2 is 2.05 bits per heavy atom. The molecule has 1 unspecified atom stereocenters. The Morgan fingerprint density at radius 1 is 1.33 bits per heavy atom. The number of para-hydroxylation sites is 1. The maximum absolute atomic E-state index is 5.74. The van der Waals surface area contributed by atoms with Crippen molar-refractivity contribution in [1.82, 2.24) is 10.4 Å². The molecule has 0 amide bonds. The number of benzene rings is 1. The number of methoxy groups -OCH3 is 1. The third-order valence-corrected chi connectivity index (χ3v) is 4.29. The topological polar surface area (TPSA) is 60.2 Å². The van der Waals surface area contributed by atoms with Gasteiger partial charge in [-0.3, -0.25) is 11.3 Å². The molecule has 2 rings (SSSR count). The van der Waals surface area contributed by atoms with Crippen LogP contribution in [0.2, 0.25) is 0 Å². The van der Waals surface area contributed by atoms with Crippen molar-refractivity contribution in [2.45, 2.75) is 38.6 Å². The maximum atomic E-state index is 5.74. The summed E-state index contributed by atoms with van der Waals surface area (Å²) >= 11 is 1.68. The molecule has 4 nitrogen and oxygen atoms in total. The highest BCUT2D eigenvalue weighted by Gasteiger charge is 2.20. The van der Waals surface area contributed by atoms with Crippen LogP contribution in [0.25, 0.3) is 0 Å². The molecular weight excluding hydrogens is 282 g/mol. The summed E-state index contributed by atoms with van der Waals surface area (Å²) in [4.78, 5) is 4.73. The van der Waals surface area contributed by atoms with Gasteiger partial charge in [0, 0.05) is 22.8 Å². The molecule has 114 valence electrons. The average molecular weight is 305 g/mol. The summed E-state index contributed by atoms with van der Waals surface area (Å²) in [6.45, 7) is 6.51. The number of rotatable bonds is 5. The van der Waals surface area contributed by atoms with Crippen molar-refractivity contribution in [3.63, 3.8) is 0 Å². The van der Waals surface area contributed by atoms with E-state index in [0.717, 1.165) is 28.4 Å². The number of thiazole rings is 1. The Kier molecular flexibility index (Phi) is 4.98. The van der Waals surface area contributed by atoms with Crippen LogP contribution in [-0.4, -0.2) is 12.1 Å². The monoisotopic (exact) mass is 305 g/mol.